The molecule has 3 aromatic rings. The van der Waals surface area contributed by atoms with E-state index in [4.69, 9.17) is 0 Å². The van der Waals surface area contributed by atoms with Gasteiger partial charge in [0.05, 0.1) is 24.2 Å². The number of benzene rings is 3. The van der Waals surface area contributed by atoms with Crippen LogP contribution in [0.4, 0.5) is 0 Å². The fourth-order valence-corrected chi connectivity index (χ4v) is 5.91. The van der Waals surface area contributed by atoms with Crippen molar-refractivity contribution in [3.8, 4) is 5.75 Å². The van der Waals surface area contributed by atoms with Gasteiger partial charge in [0.15, 0.2) is 0 Å². The summed E-state index contributed by atoms with van der Waals surface area (Å²) in [6.07, 6.45) is 9.14. The molecule has 1 aliphatic carbocycles. The van der Waals surface area contributed by atoms with Crippen LogP contribution in [-0.4, -0.2) is 39.0 Å². The number of nitrogens with one attached hydrogen (secondary N) is 1. The van der Waals surface area contributed by atoms with Gasteiger partial charge in [-0.1, -0.05) is 67.6 Å². The molecule has 0 saturated carbocycles. The lowest BCUT2D eigenvalue weighted by molar-refractivity contribution is -0.121. The minimum Gasteiger partial charge on any atom is -0.508 e. The number of aromatic hydroxyl groups is 1. The highest BCUT2D eigenvalue weighted by atomic mass is 16.3. The molecule has 0 spiro atoms. The second-order valence-electron chi connectivity index (χ2n) is 10.9. The van der Waals surface area contributed by atoms with Gasteiger partial charge in [-0.2, -0.15) is 0 Å². The zero-order valence-electron chi connectivity index (χ0n) is 22.3. The molecule has 0 bridgehead atoms. The average molecular weight is 525 g/mol. The summed E-state index contributed by atoms with van der Waals surface area (Å²) in [4.78, 5) is 17.4. The van der Waals surface area contributed by atoms with Crippen molar-refractivity contribution in [1.82, 2.24) is 5.32 Å². The van der Waals surface area contributed by atoms with Crippen LogP contribution in [-0.2, 0) is 42.7 Å². The van der Waals surface area contributed by atoms with Crippen LogP contribution in [0.15, 0.2) is 83.9 Å². The highest BCUT2D eigenvalue weighted by Gasteiger charge is 2.40. The number of nitrogens with zero attached hydrogens (tertiary/aromatic N) is 1. The number of amides is 1. The number of aliphatic hydroxyl groups excluding tert-OH is 1. The number of hydrogen-bond acceptors (Lipinski definition) is 5. The zero-order valence-corrected chi connectivity index (χ0v) is 22.3. The van der Waals surface area contributed by atoms with Crippen LogP contribution < -0.4 is 5.32 Å². The lowest BCUT2D eigenvalue weighted by Gasteiger charge is -2.36. The van der Waals surface area contributed by atoms with Crippen molar-refractivity contribution in [2.45, 2.75) is 69.2 Å². The van der Waals surface area contributed by atoms with Crippen LogP contribution in [0, 0.1) is 0 Å². The first-order valence-electron chi connectivity index (χ1n) is 13.6. The molecular weight excluding hydrogens is 488 g/mol. The summed E-state index contributed by atoms with van der Waals surface area (Å²) in [6.45, 7) is 1.73. The topological polar surface area (TPSA) is 102 Å². The second kappa shape index (κ2) is 11.2. The van der Waals surface area contributed by atoms with Crippen LogP contribution in [0.2, 0.25) is 0 Å². The Morgan fingerprint density at radius 1 is 1.05 bits per heavy atom. The van der Waals surface area contributed by atoms with E-state index in [9.17, 15) is 20.1 Å². The molecule has 39 heavy (non-hydrogen) atoms. The molecule has 0 aromatic heterocycles. The van der Waals surface area contributed by atoms with Crippen molar-refractivity contribution in [3.63, 3.8) is 0 Å². The van der Waals surface area contributed by atoms with Gasteiger partial charge in [-0.15, -0.1) is 0 Å². The monoisotopic (exact) mass is 524 g/mol. The summed E-state index contributed by atoms with van der Waals surface area (Å²) in [7, 11) is 0. The van der Waals surface area contributed by atoms with Gasteiger partial charge in [0.25, 0.3) is 0 Å². The molecule has 2 unspecified atom stereocenters. The first-order chi connectivity index (χ1) is 18.8. The lowest BCUT2D eigenvalue weighted by Crippen LogP contribution is -2.38. The standard InChI is InChI=1S/C33H36N2O4/c1-2-32(14-5-15-34-32)22-33(39,28-12-13-30(37)27(17-28)21-36)20-24-10-8-23(9-11-24)16-31(38)35-29-18-25-6-3-4-7-26(25)19-29/h3-15,17,29,36-37,39H,2,16,18-22H2,1H3,(H,35,38). The summed E-state index contributed by atoms with van der Waals surface area (Å²) in [5.74, 6) is 0.00478. The fraction of sp³-hybridized carbons (Fsp3) is 0.333. The van der Waals surface area contributed by atoms with Crippen LogP contribution >= 0.6 is 0 Å². The van der Waals surface area contributed by atoms with E-state index in [1.807, 2.05) is 55.5 Å². The molecule has 1 aliphatic heterocycles. The van der Waals surface area contributed by atoms with E-state index in [0.717, 1.165) is 30.4 Å². The van der Waals surface area contributed by atoms with Crippen molar-refractivity contribution in [3.05, 3.63) is 112 Å². The Kier molecular flexibility index (Phi) is 7.69. The third kappa shape index (κ3) is 5.97. The Bertz CT molecular complexity index is 1360. The third-order valence-electron chi connectivity index (χ3n) is 8.12. The molecule has 0 radical (unpaired) electrons. The Morgan fingerprint density at radius 2 is 1.74 bits per heavy atom. The fourth-order valence-electron chi connectivity index (χ4n) is 5.91. The number of rotatable bonds is 10. The van der Waals surface area contributed by atoms with E-state index >= 15 is 0 Å². The van der Waals surface area contributed by atoms with Crippen LogP contribution in [0.25, 0.3) is 0 Å². The maximum atomic E-state index is 12.8. The Balaban J connectivity index is 1.30. The highest BCUT2D eigenvalue weighted by molar-refractivity contribution is 5.79. The quantitative estimate of drug-likeness (QED) is 0.317. The lowest BCUT2D eigenvalue weighted by atomic mass is 9.75. The van der Waals surface area contributed by atoms with E-state index in [2.05, 4.69) is 22.4 Å². The summed E-state index contributed by atoms with van der Waals surface area (Å²) < 4.78 is 0. The van der Waals surface area contributed by atoms with Gasteiger partial charge >= 0.3 is 0 Å². The molecule has 2 aliphatic rings. The number of phenols is 1. The van der Waals surface area contributed by atoms with Gasteiger partial charge in [-0.05, 0) is 65.3 Å². The molecule has 1 heterocycles. The predicted octanol–water partition coefficient (Wildman–Crippen LogP) is 4.32. The number of fused-ring (bicyclic) bond motifs is 1. The Hall–Kier alpha value is -3.74. The molecule has 6 heteroatoms. The first-order valence-corrected chi connectivity index (χ1v) is 13.6. The Labute approximate surface area is 229 Å². The molecule has 2 atom stereocenters. The maximum absolute atomic E-state index is 12.8. The molecule has 0 fully saturated rings. The highest BCUT2D eigenvalue weighted by Crippen LogP contribution is 2.40. The largest absolute Gasteiger partial charge is 0.508 e. The van der Waals surface area contributed by atoms with E-state index in [-0.39, 0.29) is 24.3 Å². The number of hydrogen-bond donors (Lipinski definition) is 4. The Morgan fingerprint density at radius 3 is 2.36 bits per heavy atom. The van der Waals surface area contributed by atoms with E-state index in [0.29, 0.717) is 30.4 Å². The van der Waals surface area contributed by atoms with Crippen molar-refractivity contribution >= 4 is 12.1 Å². The number of aliphatic imine (C=N–C) groups is 1. The molecule has 5 rings (SSSR count). The summed E-state index contributed by atoms with van der Waals surface area (Å²) in [6, 6.07) is 21.2. The van der Waals surface area contributed by atoms with Gasteiger partial charge in [-0.3, -0.25) is 9.79 Å². The van der Waals surface area contributed by atoms with Crippen LogP contribution in [0.3, 0.4) is 0 Å². The molecule has 3 aromatic carbocycles. The van der Waals surface area contributed by atoms with E-state index in [1.165, 1.54) is 17.2 Å². The third-order valence-corrected chi connectivity index (χ3v) is 8.12. The number of carbonyl (C=O) groups is 1. The molecule has 202 valence electrons. The molecule has 6 nitrogen and oxygen atoms in total. The van der Waals surface area contributed by atoms with Gasteiger partial charge in [0, 0.05) is 30.7 Å². The first kappa shape index (κ1) is 26.9. The van der Waals surface area contributed by atoms with Gasteiger partial charge in [0.2, 0.25) is 5.91 Å². The number of carbonyl (C=O) groups excluding carboxylic acids is 1. The average Bonchev–Trinajstić information content (AvgIpc) is 3.56. The van der Waals surface area contributed by atoms with Gasteiger partial charge < -0.3 is 20.6 Å². The minimum atomic E-state index is -1.30. The molecule has 1 amide bonds. The normalized spacial score (nSPS) is 19.7. The van der Waals surface area contributed by atoms with Crippen molar-refractivity contribution in [2.24, 2.45) is 4.99 Å². The predicted molar refractivity (Wildman–Crippen MR) is 153 cm³/mol. The van der Waals surface area contributed by atoms with Crippen molar-refractivity contribution in [2.75, 3.05) is 0 Å². The summed E-state index contributed by atoms with van der Waals surface area (Å²) in [5.41, 5.74) is 3.62. The number of aliphatic hydroxyl groups is 2. The van der Waals surface area contributed by atoms with Crippen LogP contribution in [0.1, 0.15) is 53.1 Å². The van der Waals surface area contributed by atoms with Gasteiger partial charge in [-0.25, -0.2) is 0 Å². The van der Waals surface area contributed by atoms with Crippen molar-refractivity contribution in [1.29, 1.82) is 0 Å². The molecular formula is C33H36N2O4. The zero-order chi connectivity index (χ0) is 27.5. The maximum Gasteiger partial charge on any atom is 0.224 e. The smallest absolute Gasteiger partial charge is 0.224 e. The second-order valence-corrected chi connectivity index (χ2v) is 10.9. The molecule has 4 N–H and O–H groups in total. The number of allylic oxidation sites excluding steroid dienone is 1. The SMILES string of the molecule is CCC1(CC(O)(Cc2ccc(CC(=O)NC3Cc4ccccc4C3)cc2)c2ccc(O)c(CO)c2)C=CC=N1. The molecule has 0 saturated heterocycles. The van der Waals surface area contributed by atoms with Gasteiger partial charge in [0.1, 0.15) is 5.75 Å². The van der Waals surface area contributed by atoms with Crippen LogP contribution in [0.5, 0.6) is 5.75 Å². The summed E-state index contributed by atoms with van der Waals surface area (Å²) in [5, 5.41) is 35.1. The summed E-state index contributed by atoms with van der Waals surface area (Å²) >= 11 is 0. The van der Waals surface area contributed by atoms with E-state index < -0.39 is 11.1 Å². The van der Waals surface area contributed by atoms with Crippen molar-refractivity contribution < 1.29 is 20.1 Å². The van der Waals surface area contributed by atoms with E-state index in [1.54, 1.807) is 18.3 Å². The minimum absolute atomic E-state index is 0.00305.